The molecule has 0 aliphatic rings. The molecule has 0 amide bonds. The van der Waals surface area contributed by atoms with Gasteiger partial charge in [-0.2, -0.15) is 0 Å². The number of para-hydroxylation sites is 4. The largest absolute Gasteiger partial charge is 0.309 e. The topological polar surface area (TPSA) is 48.5 Å². The van der Waals surface area contributed by atoms with Crippen LogP contribution in [0, 0.1) is 0 Å². The highest BCUT2D eigenvalue weighted by Gasteiger charge is 2.25. The van der Waals surface area contributed by atoms with Crippen LogP contribution in [-0.4, -0.2) is 24.1 Å². The molecule has 0 atom stereocenters. The van der Waals surface area contributed by atoms with Gasteiger partial charge in [0.1, 0.15) is 0 Å². The summed E-state index contributed by atoms with van der Waals surface area (Å²) in [4.78, 5) is 16.1. The molecule has 4 aromatic heterocycles. The molecule has 9 aromatic carbocycles. The van der Waals surface area contributed by atoms with E-state index in [-0.39, 0.29) is 0 Å². The number of nitrogens with zero attached hydrogens (tertiary/aromatic N) is 5. The van der Waals surface area contributed by atoms with Gasteiger partial charge in [0.25, 0.3) is 0 Å². The lowest BCUT2D eigenvalue weighted by molar-refractivity contribution is 1.07. The first-order valence-corrected chi connectivity index (χ1v) is 22.0. The van der Waals surface area contributed by atoms with E-state index in [0.717, 1.165) is 66.0 Å². The number of thiophene rings is 1. The van der Waals surface area contributed by atoms with E-state index in [9.17, 15) is 0 Å². The number of hydrogen-bond acceptors (Lipinski definition) is 4. The third kappa shape index (κ3) is 5.59. The molecule has 0 saturated heterocycles. The first-order valence-electron chi connectivity index (χ1n) is 21.2. The summed E-state index contributed by atoms with van der Waals surface area (Å²) in [5.74, 6) is 1.86. The molecule has 4 heterocycles. The highest BCUT2D eigenvalue weighted by molar-refractivity contribution is 7.26. The van der Waals surface area contributed by atoms with Crippen LogP contribution in [0.2, 0.25) is 0 Å². The van der Waals surface area contributed by atoms with Crippen LogP contribution in [0.15, 0.2) is 212 Å². The zero-order chi connectivity index (χ0) is 41.4. The van der Waals surface area contributed by atoms with Crippen molar-refractivity contribution < 1.29 is 0 Å². The third-order valence-electron chi connectivity index (χ3n) is 12.4. The molecule has 0 aliphatic heterocycles. The minimum absolute atomic E-state index is 0.598. The zero-order valence-corrected chi connectivity index (χ0v) is 34.7. The van der Waals surface area contributed by atoms with Gasteiger partial charge in [-0.15, -0.1) is 11.3 Å². The summed E-state index contributed by atoms with van der Waals surface area (Å²) >= 11 is 1.78. The van der Waals surface area contributed by atoms with Gasteiger partial charge in [-0.1, -0.05) is 164 Å². The molecule has 0 N–H and O–H groups in total. The number of benzene rings is 9. The van der Waals surface area contributed by atoms with E-state index < -0.39 is 0 Å². The number of fused-ring (bicyclic) bond motifs is 9. The maximum absolute atomic E-state index is 5.48. The van der Waals surface area contributed by atoms with Crippen molar-refractivity contribution in [3.8, 4) is 56.7 Å². The summed E-state index contributed by atoms with van der Waals surface area (Å²) in [6.45, 7) is 0. The van der Waals surface area contributed by atoms with E-state index in [0.29, 0.717) is 17.5 Å². The molecule has 0 radical (unpaired) electrons. The summed E-state index contributed by atoms with van der Waals surface area (Å²) in [6, 6.07) is 75.7. The molecular weight excluding hydrogens is 787 g/mol. The van der Waals surface area contributed by atoms with Gasteiger partial charge in [-0.05, 0) is 54.1 Å². The maximum atomic E-state index is 5.48. The van der Waals surface area contributed by atoms with Crippen molar-refractivity contribution in [3.63, 3.8) is 0 Å². The predicted octanol–water partition coefficient (Wildman–Crippen LogP) is 15.1. The smallest absolute Gasteiger partial charge is 0.165 e. The van der Waals surface area contributed by atoms with Crippen LogP contribution in [0.1, 0.15) is 0 Å². The van der Waals surface area contributed by atoms with Gasteiger partial charge in [-0.3, -0.25) is 0 Å². The zero-order valence-electron chi connectivity index (χ0n) is 33.9. The monoisotopic (exact) mass is 821 g/mol. The lowest BCUT2D eigenvalue weighted by Gasteiger charge is -2.22. The SMILES string of the molecule is c1ccc(-c2nc(-c3cc(-n4c5ccccc5c5ccccc54)c(-c4ccccc4)c(-n4c5ccccc5c5ccccc54)c3)nc(-c3cccc4c3sc3ccccc34)n2)cc1. The van der Waals surface area contributed by atoms with Crippen LogP contribution >= 0.6 is 11.3 Å². The van der Waals surface area contributed by atoms with Crippen molar-refractivity contribution in [2.75, 3.05) is 0 Å². The van der Waals surface area contributed by atoms with E-state index in [2.05, 4.69) is 203 Å². The third-order valence-corrected chi connectivity index (χ3v) is 13.6. The highest BCUT2D eigenvalue weighted by Crippen LogP contribution is 2.45. The van der Waals surface area contributed by atoms with Gasteiger partial charge < -0.3 is 9.13 Å². The van der Waals surface area contributed by atoms with Gasteiger partial charge in [-0.25, -0.2) is 15.0 Å². The first kappa shape index (κ1) is 35.6. The lowest BCUT2D eigenvalue weighted by atomic mass is 9.97. The van der Waals surface area contributed by atoms with Crippen molar-refractivity contribution >= 4 is 75.1 Å². The Morgan fingerprint density at radius 2 is 0.730 bits per heavy atom. The van der Waals surface area contributed by atoms with E-state index in [1.54, 1.807) is 11.3 Å². The average Bonchev–Trinajstić information content (AvgIpc) is 4.02. The highest BCUT2D eigenvalue weighted by atomic mass is 32.1. The quantitative estimate of drug-likeness (QED) is 0.168. The van der Waals surface area contributed by atoms with Crippen molar-refractivity contribution in [1.29, 1.82) is 0 Å². The Kier molecular flexibility index (Phi) is 8.01. The Hall–Kier alpha value is -8.19. The molecule has 0 saturated carbocycles. The molecule has 0 fully saturated rings. The minimum atomic E-state index is 0.598. The van der Waals surface area contributed by atoms with E-state index in [1.807, 2.05) is 18.2 Å². The predicted molar refractivity (Wildman–Crippen MR) is 263 cm³/mol. The van der Waals surface area contributed by atoms with Gasteiger partial charge in [0.05, 0.1) is 33.4 Å². The fourth-order valence-electron chi connectivity index (χ4n) is 9.62. The van der Waals surface area contributed by atoms with Crippen LogP contribution < -0.4 is 0 Å². The molecule has 0 unspecified atom stereocenters. The van der Waals surface area contributed by atoms with Gasteiger partial charge >= 0.3 is 0 Å². The second kappa shape index (κ2) is 14.2. The normalized spacial score (nSPS) is 11.8. The van der Waals surface area contributed by atoms with Crippen LogP contribution in [0.3, 0.4) is 0 Å². The summed E-state index contributed by atoms with van der Waals surface area (Å²) in [7, 11) is 0. The fraction of sp³-hybridized carbons (Fsp3) is 0. The van der Waals surface area contributed by atoms with Crippen molar-refractivity contribution in [3.05, 3.63) is 212 Å². The minimum Gasteiger partial charge on any atom is -0.309 e. The molecule has 0 spiro atoms. The molecule has 0 aliphatic carbocycles. The molecule has 294 valence electrons. The number of rotatable bonds is 6. The van der Waals surface area contributed by atoms with Crippen LogP contribution in [0.5, 0.6) is 0 Å². The van der Waals surface area contributed by atoms with Crippen LogP contribution in [-0.2, 0) is 0 Å². The fourth-order valence-corrected chi connectivity index (χ4v) is 10.8. The van der Waals surface area contributed by atoms with Crippen LogP contribution in [0.25, 0.3) is 120 Å². The maximum Gasteiger partial charge on any atom is 0.165 e. The van der Waals surface area contributed by atoms with Gasteiger partial charge in [0.2, 0.25) is 0 Å². The molecular formula is C57H35N5S. The number of aromatic nitrogens is 5. The van der Waals surface area contributed by atoms with Crippen molar-refractivity contribution in [1.82, 2.24) is 24.1 Å². The molecule has 5 nitrogen and oxygen atoms in total. The second-order valence-electron chi connectivity index (χ2n) is 15.9. The van der Waals surface area contributed by atoms with E-state index >= 15 is 0 Å². The second-order valence-corrected chi connectivity index (χ2v) is 17.0. The number of hydrogen-bond donors (Lipinski definition) is 0. The Morgan fingerprint density at radius 3 is 1.27 bits per heavy atom. The summed E-state index contributed by atoms with van der Waals surface area (Å²) in [6.07, 6.45) is 0. The molecule has 63 heavy (non-hydrogen) atoms. The van der Waals surface area contributed by atoms with Gasteiger partial charge in [0, 0.05) is 64.0 Å². The standard InChI is InChI=1S/C57H35N5S/c1-3-18-36(19-4-1)53-50(61-46-29-12-7-22-39(46)40-23-8-13-30-47(40)61)34-38(35-51(53)62-48-31-14-9-24-41(48)42-25-10-15-32-49(42)62)56-58-55(37-20-5-2-6-21-37)59-57(60-56)45-28-17-27-44-43-26-11-16-33-52(43)63-54(44)45/h1-35H. The van der Waals surface area contributed by atoms with Crippen molar-refractivity contribution in [2.24, 2.45) is 0 Å². The van der Waals surface area contributed by atoms with Gasteiger partial charge in [0.15, 0.2) is 17.5 Å². The Labute approximate surface area is 366 Å². The Balaban J connectivity index is 1.19. The summed E-state index contributed by atoms with van der Waals surface area (Å²) < 4.78 is 7.27. The molecule has 0 bridgehead atoms. The summed E-state index contributed by atoms with van der Waals surface area (Å²) in [5.41, 5.74) is 11.6. The lowest BCUT2D eigenvalue weighted by Crippen LogP contribution is -2.06. The molecule has 13 rings (SSSR count). The Morgan fingerprint density at radius 1 is 0.317 bits per heavy atom. The van der Waals surface area contributed by atoms with Crippen molar-refractivity contribution in [2.45, 2.75) is 0 Å². The van der Waals surface area contributed by atoms with Crippen LogP contribution in [0.4, 0.5) is 0 Å². The Bertz CT molecular complexity index is 3680. The molecule has 13 aromatic rings. The average molecular weight is 822 g/mol. The summed E-state index contributed by atoms with van der Waals surface area (Å²) in [5, 5.41) is 7.22. The van der Waals surface area contributed by atoms with E-state index in [4.69, 9.17) is 15.0 Å². The first-order chi connectivity index (χ1) is 31.3. The molecule has 6 heteroatoms. The van der Waals surface area contributed by atoms with E-state index in [1.165, 1.54) is 37.0 Å².